The molecule has 1 aliphatic heterocycles. The van der Waals surface area contributed by atoms with Gasteiger partial charge in [0.2, 0.25) is 0 Å². The van der Waals surface area contributed by atoms with Gasteiger partial charge in [-0.2, -0.15) is 13.2 Å². The second-order valence-corrected chi connectivity index (χ2v) is 6.98. The Hall–Kier alpha value is -2.01. The standard InChI is InChI=1S/C20H19ClF3NO/c21-16-10-8-14(9-11-16)15-5-3-4-12-25(13-15)19(26)17-6-1-2-7-18(17)20(22,23)24/h1-2,6-11,15H,3-5,12-13H2. The number of halogens is 4. The van der Waals surface area contributed by atoms with Gasteiger partial charge >= 0.3 is 6.18 Å². The van der Waals surface area contributed by atoms with Crippen LogP contribution in [0.4, 0.5) is 13.2 Å². The van der Waals surface area contributed by atoms with Crippen molar-refractivity contribution in [3.05, 3.63) is 70.2 Å². The summed E-state index contributed by atoms with van der Waals surface area (Å²) < 4.78 is 39.8. The fraction of sp³-hybridized carbons (Fsp3) is 0.350. The van der Waals surface area contributed by atoms with Gasteiger partial charge in [0.25, 0.3) is 5.91 Å². The molecule has 1 atom stereocenters. The molecular formula is C20H19ClF3NO. The molecule has 0 aromatic heterocycles. The lowest BCUT2D eigenvalue weighted by molar-refractivity contribution is -0.138. The highest BCUT2D eigenvalue weighted by atomic mass is 35.5. The molecule has 1 unspecified atom stereocenters. The minimum Gasteiger partial charge on any atom is -0.338 e. The van der Waals surface area contributed by atoms with Crippen LogP contribution in [0.5, 0.6) is 0 Å². The van der Waals surface area contributed by atoms with Crippen molar-refractivity contribution in [3.8, 4) is 0 Å². The first-order chi connectivity index (χ1) is 12.4. The number of carbonyl (C=O) groups excluding carboxylic acids is 1. The zero-order chi connectivity index (χ0) is 18.7. The van der Waals surface area contributed by atoms with E-state index in [1.54, 1.807) is 17.0 Å². The van der Waals surface area contributed by atoms with Gasteiger partial charge in [0.05, 0.1) is 11.1 Å². The molecule has 2 aromatic carbocycles. The van der Waals surface area contributed by atoms with E-state index < -0.39 is 17.6 Å². The number of hydrogen-bond acceptors (Lipinski definition) is 1. The lowest BCUT2D eigenvalue weighted by atomic mass is 9.94. The van der Waals surface area contributed by atoms with Crippen LogP contribution >= 0.6 is 11.6 Å². The minimum atomic E-state index is -4.55. The minimum absolute atomic E-state index is 0.0942. The summed E-state index contributed by atoms with van der Waals surface area (Å²) in [7, 11) is 0. The number of rotatable bonds is 2. The smallest absolute Gasteiger partial charge is 0.338 e. The molecule has 0 aliphatic carbocycles. The Bertz CT molecular complexity index is 773. The van der Waals surface area contributed by atoms with Gasteiger partial charge in [-0.1, -0.05) is 42.3 Å². The van der Waals surface area contributed by atoms with Crippen molar-refractivity contribution in [2.75, 3.05) is 13.1 Å². The SMILES string of the molecule is O=C(c1ccccc1C(F)(F)F)N1CCCCC(c2ccc(Cl)cc2)C1. The fourth-order valence-corrected chi connectivity index (χ4v) is 3.55. The number of likely N-dealkylation sites (tertiary alicyclic amines) is 1. The van der Waals surface area contributed by atoms with Gasteiger partial charge in [-0.15, -0.1) is 0 Å². The maximum Gasteiger partial charge on any atom is 0.417 e. The molecular weight excluding hydrogens is 363 g/mol. The molecule has 1 aliphatic rings. The Labute approximate surface area is 155 Å². The van der Waals surface area contributed by atoms with E-state index in [2.05, 4.69) is 0 Å². The highest BCUT2D eigenvalue weighted by Gasteiger charge is 2.36. The number of alkyl halides is 3. The van der Waals surface area contributed by atoms with Crippen LogP contribution in [0, 0.1) is 0 Å². The number of benzene rings is 2. The molecule has 0 saturated carbocycles. The third-order valence-electron chi connectivity index (χ3n) is 4.76. The second-order valence-electron chi connectivity index (χ2n) is 6.54. The van der Waals surface area contributed by atoms with Gasteiger partial charge in [0.15, 0.2) is 0 Å². The van der Waals surface area contributed by atoms with E-state index in [0.717, 1.165) is 30.9 Å². The van der Waals surface area contributed by atoms with Crippen LogP contribution in [0.25, 0.3) is 0 Å². The maximum atomic E-state index is 13.3. The molecule has 0 spiro atoms. The van der Waals surface area contributed by atoms with Crippen LogP contribution in [-0.2, 0) is 6.18 Å². The molecule has 26 heavy (non-hydrogen) atoms. The Balaban J connectivity index is 1.86. The van der Waals surface area contributed by atoms with Crippen molar-refractivity contribution in [1.82, 2.24) is 4.90 Å². The number of hydrogen-bond donors (Lipinski definition) is 0. The first-order valence-corrected chi connectivity index (χ1v) is 8.95. The molecule has 138 valence electrons. The summed E-state index contributed by atoms with van der Waals surface area (Å²) in [5, 5.41) is 0.634. The van der Waals surface area contributed by atoms with Crippen molar-refractivity contribution >= 4 is 17.5 Å². The molecule has 0 radical (unpaired) electrons. The van der Waals surface area contributed by atoms with E-state index in [4.69, 9.17) is 11.6 Å². The third kappa shape index (κ3) is 4.21. The Morgan fingerprint density at radius 1 is 1.04 bits per heavy atom. The number of carbonyl (C=O) groups is 1. The maximum absolute atomic E-state index is 13.3. The highest BCUT2D eigenvalue weighted by molar-refractivity contribution is 6.30. The molecule has 2 aromatic rings. The first-order valence-electron chi connectivity index (χ1n) is 8.57. The molecule has 1 saturated heterocycles. The Morgan fingerprint density at radius 2 is 1.73 bits per heavy atom. The van der Waals surface area contributed by atoms with Crippen LogP contribution < -0.4 is 0 Å². The van der Waals surface area contributed by atoms with E-state index >= 15 is 0 Å². The first kappa shape index (κ1) is 18.8. The van der Waals surface area contributed by atoms with Crippen LogP contribution in [0.2, 0.25) is 5.02 Å². The molecule has 1 fully saturated rings. The van der Waals surface area contributed by atoms with Gasteiger partial charge in [-0.3, -0.25) is 4.79 Å². The molecule has 6 heteroatoms. The molecule has 0 bridgehead atoms. The van der Waals surface area contributed by atoms with Gasteiger partial charge in [-0.25, -0.2) is 0 Å². The average Bonchev–Trinajstić information content (AvgIpc) is 2.87. The normalized spacial score (nSPS) is 18.5. The van der Waals surface area contributed by atoms with Crippen LogP contribution in [0.1, 0.15) is 46.7 Å². The van der Waals surface area contributed by atoms with Crippen LogP contribution in [-0.4, -0.2) is 23.9 Å². The topological polar surface area (TPSA) is 20.3 Å². The van der Waals surface area contributed by atoms with Crippen LogP contribution in [0.15, 0.2) is 48.5 Å². The van der Waals surface area contributed by atoms with Gasteiger partial charge in [-0.05, 0) is 42.7 Å². The Morgan fingerprint density at radius 3 is 2.42 bits per heavy atom. The van der Waals surface area contributed by atoms with E-state index in [0.29, 0.717) is 18.1 Å². The van der Waals surface area contributed by atoms with Crippen molar-refractivity contribution < 1.29 is 18.0 Å². The third-order valence-corrected chi connectivity index (χ3v) is 5.01. The monoisotopic (exact) mass is 381 g/mol. The zero-order valence-electron chi connectivity index (χ0n) is 14.1. The van der Waals surface area contributed by atoms with Gasteiger partial charge in [0.1, 0.15) is 0 Å². The van der Waals surface area contributed by atoms with Crippen molar-refractivity contribution in [2.45, 2.75) is 31.4 Å². The number of amides is 1. The predicted molar refractivity (Wildman–Crippen MR) is 95.4 cm³/mol. The molecule has 2 nitrogen and oxygen atoms in total. The predicted octanol–water partition coefficient (Wildman–Crippen LogP) is 5.77. The zero-order valence-corrected chi connectivity index (χ0v) is 14.9. The second kappa shape index (κ2) is 7.70. The van der Waals surface area contributed by atoms with E-state index in [9.17, 15) is 18.0 Å². The number of nitrogens with zero attached hydrogens (tertiary/aromatic N) is 1. The van der Waals surface area contributed by atoms with Crippen molar-refractivity contribution in [3.63, 3.8) is 0 Å². The summed E-state index contributed by atoms with van der Waals surface area (Å²) in [5.41, 5.74) is -0.104. The van der Waals surface area contributed by atoms with Crippen molar-refractivity contribution in [1.29, 1.82) is 0 Å². The Kier molecular flexibility index (Phi) is 5.56. The van der Waals surface area contributed by atoms with E-state index in [-0.39, 0.29) is 11.5 Å². The average molecular weight is 382 g/mol. The van der Waals surface area contributed by atoms with Gasteiger partial charge in [0, 0.05) is 24.0 Å². The summed E-state index contributed by atoms with van der Waals surface area (Å²) in [6.45, 7) is 0.877. The summed E-state index contributed by atoms with van der Waals surface area (Å²) in [6.07, 6.45) is -1.94. The summed E-state index contributed by atoms with van der Waals surface area (Å²) in [5.74, 6) is -0.462. The lowest BCUT2D eigenvalue weighted by Gasteiger charge is -2.26. The van der Waals surface area contributed by atoms with Gasteiger partial charge < -0.3 is 4.90 Å². The summed E-state index contributed by atoms with van der Waals surface area (Å²) >= 11 is 5.93. The van der Waals surface area contributed by atoms with Crippen molar-refractivity contribution in [2.24, 2.45) is 0 Å². The summed E-state index contributed by atoms with van der Waals surface area (Å²) in [6, 6.07) is 12.4. The molecule has 1 amide bonds. The molecule has 0 N–H and O–H groups in total. The van der Waals surface area contributed by atoms with E-state index in [1.165, 1.54) is 18.2 Å². The fourth-order valence-electron chi connectivity index (χ4n) is 3.42. The largest absolute Gasteiger partial charge is 0.417 e. The van der Waals surface area contributed by atoms with Crippen LogP contribution in [0.3, 0.4) is 0 Å². The highest BCUT2D eigenvalue weighted by Crippen LogP contribution is 2.34. The summed E-state index contributed by atoms with van der Waals surface area (Å²) in [4.78, 5) is 14.4. The van der Waals surface area contributed by atoms with E-state index in [1.807, 2.05) is 12.1 Å². The quantitative estimate of drug-likeness (QED) is 0.646. The molecule has 3 rings (SSSR count). The lowest BCUT2D eigenvalue weighted by Crippen LogP contribution is -2.35. The molecule has 1 heterocycles.